The van der Waals surface area contributed by atoms with Crippen LogP contribution in [0.5, 0.6) is 11.5 Å². The molecule has 0 heterocycles. The molecular formula is C11H13FO4. The standard InChI is InChI=1S/C11H13FO4/c1-16-10-6-8(12)9(13)5-7(10)3-2-4-11(14)15/h5-6,13H,2-4H2,1H3,(H,14,15). The van der Waals surface area contributed by atoms with Gasteiger partial charge in [-0.3, -0.25) is 4.79 Å². The minimum atomic E-state index is -0.884. The van der Waals surface area contributed by atoms with E-state index in [1.54, 1.807) is 0 Å². The maximum atomic E-state index is 13.0. The van der Waals surface area contributed by atoms with Crippen molar-refractivity contribution in [3.05, 3.63) is 23.5 Å². The summed E-state index contributed by atoms with van der Waals surface area (Å²) in [6.07, 6.45) is 0.862. The molecule has 0 bridgehead atoms. The minimum Gasteiger partial charge on any atom is -0.505 e. The summed E-state index contributed by atoms with van der Waals surface area (Å²) in [5.41, 5.74) is 0.600. The van der Waals surface area contributed by atoms with Crippen LogP contribution in [-0.2, 0) is 11.2 Å². The Bertz CT molecular complexity index is 390. The summed E-state index contributed by atoms with van der Waals surface area (Å²) in [6, 6.07) is 2.35. The van der Waals surface area contributed by atoms with Crippen molar-refractivity contribution in [2.24, 2.45) is 0 Å². The highest BCUT2D eigenvalue weighted by Gasteiger charge is 2.10. The first-order valence-electron chi connectivity index (χ1n) is 4.81. The average Bonchev–Trinajstić information content (AvgIpc) is 2.22. The summed E-state index contributed by atoms with van der Waals surface area (Å²) in [5, 5.41) is 17.7. The number of carbonyl (C=O) groups is 1. The highest BCUT2D eigenvalue weighted by Crippen LogP contribution is 2.27. The number of carboxylic acid groups (broad SMARTS) is 1. The Morgan fingerprint density at radius 3 is 2.75 bits per heavy atom. The van der Waals surface area contributed by atoms with E-state index in [9.17, 15) is 14.3 Å². The maximum Gasteiger partial charge on any atom is 0.303 e. The van der Waals surface area contributed by atoms with E-state index < -0.39 is 17.5 Å². The van der Waals surface area contributed by atoms with Gasteiger partial charge in [0, 0.05) is 12.5 Å². The van der Waals surface area contributed by atoms with E-state index in [-0.39, 0.29) is 6.42 Å². The Hall–Kier alpha value is -1.78. The molecule has 0 aliphatic rings. The van der Waals surface area contributed by atoms with Crippen LogP contribution >= 0.6 is 0 Å². The molecule has 1 aromatic carbocycles. The number of halogens is 1. The molecule has 1 aromatic rings. The van der Waals surface area contributed by atoms with Gasteiger partial charge in [0.2, 0.25) is 0 Å². The number of aromatic hydroxyl groups is 1. The predicted molar refractivity (Wildman–Crippen MR) is 55.2 cm³/mol. The first-order valence-corrected chi connectivity index (χ1v) is 4.81. The lowest BCUT2D eigenvalue weighted by Gasteiger charge is -2.09. The zero-order chi connectivity index (χ0) is 12.1. The summed E-state index contributed by atoms with van der Waals surface area (Å²) < 4.78 is 17.9. The second-order valence-electron chi connectivity index (χ2n) is 3.36. The molecule has 0 saturated carbocycles. The fourth-order valence-electron chi connectivity index (χ4n) is 1.40. The molecule has 0 amide bonds. The van der Waals surface area contributed by atoms with Gasteiger partial charge in [0.15, 0.2) is 11.6 Å². The SMILES string of the molecule is COc1cc(F)c(O)cc1CCCC(=O)O. The number of benzene rings is 1. The van der Waals surface area contributed by atoms with Crippen LogP contribution < -0.4 is 4.74 Å². The topological polar surface area (TPSA) is 66.8 Å². The number of phenols is 1. The van der Waals surface area contributed by atoms with Crippen LogP contribution in [0.1, 0.15) is 18.4 Å². The normalized spacial score (nSPS) is 10.1. The number of hydrogen-bond acceptors (Lipinski definition) is 3. The molecule has 4 nitrogen and oxygen atoms in total. The van der Waals surface area contributed by atoms with Crippen LogP contribution in [0.4, 0.5) is 4.39 Å². The number of rotatable bonds is 5. The largest absolute Gasteiger partial charge is 0.505 e. The van der Waals surface area contributed by atoms with Gasteiger partial charge in [-0.05, 0) is 24.5 Å². The predicted octanol–water partition coefficient (Wildman–Crippen LogP) is 1.95. The summed E-state index contributed by atoms with van der Waals surface area (Å²) in [7, 11) is 1.40. The minimum absolute atomic E-state index is 0.0291. The van der Waals surface area contributed by atoms with Gasteiger partial charge in [0.05, 0.1) is 7.11 Å². The van der Waals surface area contributed by atoms with Gasteiger partial charge < -0.3 is 14.9 Å². The van der Waals surface area contributed by atoms with Gasteiger partial charge in [-0.15, -0.1) is 0 Å². The highest BCUT2D eigenvalue weighted by molar-refractivity contribution is 5.66. The number of ether oxygens (including phenoxy) is 1. The molecule has 16 heavy (non-hydrogen) atoms. The summed E-state index contributed by atoms with van der Waals surface area (Å²) in [4.78, 5) is 10.3. The average molecular weight is 228 g/mol. The fourth-order valence-corrected chi connectivity index (χ4v) is 1.40. The van der Waals surface area contributed by atoms with Crippen LogP contribution in [0, 0.1) is 5.82 Å². The first kappa shape index (κ1) is 12.3. The third-order valence-electron chi connectivity index (χ3n) is 2.19. The van der Waals surface area contributed by atoms with E-state index in [1.165, 1.54) is 13.2 Å². The van der Waals surface area contributed by atoms with E-state index >= 15 is 0 Å². The quantitative estimate of drug-likeness (QED) is 0.808. The molecule has 0 unspecified atom stereocenters. The van der Waals surface area contributed by atoms with Crippen molar-refractivity contribution >= 4 is 5.97 Å². The van der Waals surface area contributed by atoms with Crippen molar-refractivity contribution in [3.63, 3.8) is 0 Å². The Labute approximate surface area is 92.3 Å². The van der Waals surface area contributed by atoms with Crippen LogP contribution in [0.2, 0.25) is 0 Å². The Kier molecular flexibility index (Phi) is 4.10. The van der Waals surface area contributed by atoms with Crippen molar-refractivity contribution in [1.29, 1.82) is 0 Å². The van der Waals surface area contributed by atoms with Crippen molar-refractivity contribution in [2.75, 3.05) is 7.11 Å². The number of hydrogen-bond donors (Lipinski definition) is 2. The molecule has 0 fully saturated rings. The monoisotopic (exact) mass is 228 g/mol. The molecule has 0 radical (unpaired) electrons. The van der Waals surface area contributed by atoms with E-state index in [4.69, 9.17) is 9.84 Å². The molecule has 5 heteroatoms. The molecule has 0 aliphatic heterocycles. The van der Waals surface area contributed by atoms with Crippen LogP contribution in [0.25, 0.3) is 0 Å². The number of phenolic OH excluding ortho intramolecular Hbond substituents is 1. The molecule has 2 N–H and O–H groups in total. The molecule has 0 saturated heterocycles. The number of methoxy groups -OCH3 is 1. The van der Waals surface area contributed by atoms with E-state index in [0.717, 1.165) is 6.07 Å². The van der Waals surface area contributed by atoms with Crippen LogP contribution in [-0.4, -0.2) is 23.3 Å². The molecular weight excluding hydrogens is 215 g/mol. The fraction of sp³-hybridized carbons (Fsp3) is 0.364. The van der Waals surface area contributed by atoms with Gasteiger partial charge in [0.25, 0.3) is 0 Å². The van der Waals surface area contributed by atoms with Crippen LogP contribution in [0.3, 0.4) is 0 Å². The van der Waals surface area contributed by atoms with Gasteiger partial charge in [-0.1, -0.05) is 0 Å². The van der Waals surface area contributed by atoms with Gasteiger partial charge in [-0.2, -0.15) is 0 Å². The molecule has 0 aliphatic carbocycles. The molecule has 0 atom stereocenters. The van der Waals surface area contributed by atoms with Crippen molar-refractivity contribution < 1.29 is 24.1 Å². The van der Waals surface area contributed by atoms with Crippen molar-refractivity contribution in [3.8, 4) is 11.5 Å². The zero-order valence-electron chi connectivity index (χ0n) is 8.86. The summed E-state index contributed by atoms with van der Waals surface area (Å²) >= 11 is 0. The third kappa shape index (κ3) is 3.12. The van der Waals surface area contributed by atoms with Crippen molar-refractivity contribution in [2.45, 2.75) is 19.3 Å². The maximum absolute atomic E-state index is 13.0. The van der Waals surface area contributed by atoms with E-state index in [1.807, 2.05) is 0 Å². The number of aliphatic carboxylic acids is 1. The summed E-state index contributed by atoms with van der Waals surface area (Å²) in [5.74, 6) is -1.77. The zero-order valence-corrected chi connectivity index (χ0v) is 8.86. The van der Waals surface area contributed by atoms with Gasteiger partial charge >= 0.3 is 5.97 Å². The Balaban J connectivity index is 2.77. The lowest BCUT2D eigenvalue weighted by atomic mass is 10.1. The highest BCUT2D eigenvalue weighted by atomic mass is 19.1. The summed E-state index contributed by atoms with van der Waals surface area (Å²) in [6.45, 7) is 0. The lowest BCUT2D eigenvalue weighted by Crippen LogP contribution is -1.98. The second kappa shape index (κ2) is 5.34. The lowest BCUT2D eigenvalue weighted by molar-refractivity contribution is -0.137. The molecule has 0 aromatic heterocycles. The van der Waals surface area contributed by atoms with Crippen molar-refractivity contribution in [1.82, 2.24) is 0 Å². The third-order valence-corrected chi connectivity index (χ3v) is 2.19. The van der Waals surface area contributed by atoms with E-state index in [0.29, 0.717) is 24.2 Å². The Morgan fingerprint density at radius 1 is 1.50 bits per heavy atom. The van der Waals surface area contributed by atoms with Gasteiger partial charge in [-0.25, -0.2) is 4.39 Å². The number of carboxylic acids is 1. The molecule has 0 spiro atoms. The van der Waals surface area contributed by atoms with Crippen LogP contribution in [0.15, 0.2) is 12.1 Å². The smallest absolute Gasteiger partial charge is 0.303 e. The second-order valence-corrected chi connectivity index (χ2v) is 3.36. The molecule has 88 valence electrons. The first-order chi connectivity index (χ1) is 7.54. The molecule has 1 rings (SSSR count). The van der Waals surface area contributed by atoms with E-state index in [2.05, 4.69) is 0 Å². The number of aryl methyl sites for hydroxylation is 1. The van der Waals surface area contributed by atoms with Gasteiger partial charge in [0.1, 0.15) is 5.75 Å². The Morgan fingerprint density at radius 2 is 2.19 bits per heavy atom.